The molecule has 1 N–H and O–H groups in total. The Morgan fingerprint density at radius 1 is 1.39 bits per heavy atom. The molecule has 98 valence electrons. The van der Waals surface area contributed by atoms with E-state index >= 15 is 0 Å². The maximum absolute atomic E-state index is 13.4. The van der Waals surface area contributed by atoms with Gasteiger partial charge in [-0.2, -0.15) is 13.2 Å². The Kier molecular flexibility index (Phi) is 3.24. The van der Waals surface area contributed by atoms with Crippen LogP contribution in [0.2, 0.25) is 0 Å². The van der Waals surface area contributed by atoms with E-state index in [1.807, 2.05) is 0 Å². The summed E-state index contributed by atoms with van der Waals surface area (Å²) in [7, 11) is 0. The van der Waals surface area contributed by atoms with Gasteiger partial charge in [-0.3, -0.25) is 0 Å². The van der Waals surface area contributed by atoms with Crippen molar-refractivity contribution in [3.63, 3.8) is 0 Å². The fourth-order valence-electron chi connectivity index (χ4n) is 1.36. The summed E-state index contributed by atoms with van der Waals surface area (Å²) in [6.45, 7) is 0. The number of halogens is 4. The second-order valence-electron chi connectivity index (χ2n) is 3.45. The van der Waals surface area contributed by atoms with Crippen molar-refractivity contribution in [2.75, 3.05) is 6.26 Å². The van der Waals surface area contributed by atoms with Crippen molar-refractivity contribution >= 4 is 22.9 Å². The van der Waals surface area contributed by atoms with Crippen molar-refractivity contribution in [2.45, 2.75) is 17.2 Å². The SMILES string of the molecule is CSc1cc2oc(C(O)C(F)(F)F)nc2cc1F. The third-order valence-corrected chi connectivity index (χ3v) is 2.98. The van der Waals surface area contributed by atoms with Crippen LogP contribution in [0.5, 0.6) is 0 Å². The predicted molar refractivity (Wildman–Crippen MR) is 56.8 cm³/mol. The smallest absolute Gasteiger partial charge is 0.423 e. The predicted octanol–water partition coefficient (Wildman–Crippen LogP) is 3.28. The first-order chi connectivity index (χ1) is 8.32. The van der Waals surface area contributed by atoms with Gasteiger partial charge in [0.1, 0.15) is 11.3 Å². The zero-order valence-electron chi connectivity index (χ0n) is 8.95. The van der Waals surface area contributed by atoms with Crippen molar-refractivity contribution in [2.24, 2.45) is 0 Å². The molecule has 0 radical (unpaired) electrons. The van der Waals surface area contributed by atoms with Gasteiger partial charge in [-0.25, -0.2) is 9.37 Å². The molecule has 18 heavy (non-hydrogen) atoms. The number of nitrogens with zero attached hydrogens (tertiary/aromatic N) is 1. The number of hydrogen-bond donors (Lipinski definition) is 1. The molecule has 0 saturated heterocycles. The van der Waals surface area contributed by atoms with Gasteiger partial charge in [-0.15, -0.1) is 11.8 Å². The Hall–Kier alpha value is -1.28. The quantitative estimate of drug-likeness (QED) is 0.678. The first-order valence-electron chi connectivity index (χ1n) is 4.71. The molecule has 0 saturated carbocycles. The molecule has 1 unspecified atom stereocenters. The molecule has 0 bridgehead atoms. The summed E-state index contributed by atoms with van der Waals surface area (Å²) in [5, 5.41) is 8.97. The van der Waals surface area contributed by atoms with E-state index in [2.05, 4.69) is 4.98 Å². The summed E-state index contributed by atoms with van der Waals surface area (Å²) < 4.78 is 54.9. The lowest BCUT2D eigenvalue weighted by Crippen LogP contribution is -2.20. The fourth-order valence-corrected chi connectivity index (χ4v) is 1.84. The minimum Gasteiger partial charge on any atom is -0.437 e. The van der Waals surface area contributed by atoms with Crippen LogP contribution in [0, 0.1) is 5.82 Å². The van der Waals surface area contributed by atoms with Crippen LogP contribution < -0.4 is 0 Å². The highest BCUT2D eigenvalue weighted by atomic mass is 32.2. The normalized spacial score (nSPS) is 14.1. The van der Waals surface area contributed by atoms with Crippen molar-refractivity contribution in [1.29, 1.82) is 0 Å². The molecule has 0 aliphatic carbocycles. The van der Waals surface area contributed by atoms with Gasteiger partial charge in [0.05, 0.1) is 0 Å². The van der Waals surface area contributed by atoms with E-state index < -0.39 is 24.0 Å². The molecule has 0 spiro atoms. The molecule has 1 heterocycles. The Labute approximate surface area is 103 Å². The number of benzene rings is 1. The fraction of sp³-hybridized carbons (Fsp3) is 0.300. The van der Waals surface area contributed by atoms with Gasteiger partial charge in [0.25, 0.3) is 0 Å². The number of rotatable bonds is 2. The highest BCUT2D eigenvalue weighted by Gasteiger charge is 2.43. The van der Waals surface area contributed by atoms with Crippen LogP contribution in [0.4, 0.5) is 17.6 Å². The molecule has 0 aliphatic rings. The minimum absolute atomic E-state index is 0.000880. The summed E-state index contributed by atoms with van der Waals surface area (Å²) in [6, 6.07) is 2.21. The summed E-state index contributed by atoms with van der Waals surface area (Å²) in [6.07, 6.45) is -6.07. The van der Waals surface area contributed by atoms with E-state index in [9.17, 15) is 17.6 Å². The minimum atomic E-state index is -4.87. The Morgan fingerprint density at radius 3 is 2.61 bits per heavy atom. The summed E-state index contributed by atoms with van der Waals surface area (Å²) in [5.41, 5.74) is -0.0670. The zero-order chi connectivity index (χ0) is 13.5. The summed E-state index contributed by atoms with van der Waals surface area (Å²) in [5.74, 6) is -1.49. The largest absolute Gasteiger partial charge is 0.437 e. The number of aliphatic hydroxyl groups excluding tert-OH is 1. The van der Waals surface area contributed by atoms with Crippen LogP contribution in [0.25, 0.3) is 11.1 Å². The second-order valence-corrected chi connectivity index (χ2v) is 4.30. The monoisotopic (exact) mass is 281 g/mol. The molecule has 1 atom stereocenters. The topological polar surface area (TPSA) is 46.3 Å². The first kappa shape index (κ1) is 13.2. The van der Waals surface area contributed by atoms with Crippen LogP contribution in [-0.4, -0.2) is 22.5 Å². The average molecular weight is 281 g/mol. The van der Waals surface area contributed by atoms with Crippen molar-refractivity contribution < 1.29 is 27.1 Å². The molecule has 1 aromatic heterocycles. The molecular weight excluding hydrogens is 274 g/mol. The van der Waals surface area contributed by atoms with E-state index in [0.717, 1.165) is 17.8 Å². The number of alkyl halides is 3. The zero-order valence-corrected chi connectivity index (χ0v) is 9.77. The highest BCUT2D eigenvalue weighted by molar-refractivity contribution is 7.98. The lowest BCUT2D eigenvalue weighted by molar-refractivity contribution is -0.212. The number of oxazole rings is 1. The molecule has 3 nitrogen and oxygen atoms in total. The first-order valence-corrected chi connectivity index (χ1v) is 5.94. The highest BCUT2D eigenvalue weighted by Crippen LogP contribution is 2.34. The summed E-state index contributed by atoms with van der Waals surface area (Å²) in [4.78, 5) is 3.66. The third-order valence-electron chi connectivity index (χ3n) is 2.22. The lowest BCUT2D eigenvalue weighted by Gasteiger charge is -2.09. The van der Waals surface area contributed by atoms with Crippen LogP contribution in [0.1, 0.15) is 12.0 Å². The van der Waals surface area contributed by atoms with Crippen molar-refractivity contribution in [3.05, 3.63) is 23.8 Å². The molecule has 1 aromatic carbocycles. The lowest BCUT2D eigenvalue weighted by atomic mass is 10.3. The molecule has 0 fully saturated rings. The van der Waals surface area contributed by atoms with Gasteiger partial charge in [0.15, 0.2) is 5.58 Å². The Balaban J connectivity index is 2.51. The number of aliphatic hydroxyl groups is 1. The van der Waals surface area contributed by atoms with E-state index in [0.29, 0.717) is 0 Å². The van der Waals surface area contributed by atoms with Crippen LogP contribution in [-0.2, 0) is 0 Å². The molecule has 0 amide bonds. The van der Waals surface area contributed by atoms with Crippen LogP contribution >= 0.6 is 11.8 Å². The third kappa shape index (κ3) is 2.30. The number of aromatic nitrogens is 1. The van der Waals surface area contributed by atoms with Crippen molar-refractivity contribution in [1.82, 2.24) is 4.98 Å². The van der Waals surface area contributed by atoms with Gasteiger partial charge in [0, 0.05) is 11.0 Å². The van der Waals surface area contributed by atoms with Crippen LogP contribution in [0.15, 0.2) is 21.4 Å². The van der Waals surface area contributed by atoms with Crippen LogP contribution in [0.3, 0.4) is 0 Å². The number of fused-ring (bicyclic) bond motifs is 1. The van der Waals surface area contributed by atoms with E-state index in [-0.39, 0.29) is 16.0 Å². The second kappa shape index (κ2) is 4.43. The molecule has 2 aromatic rings. The maximum Gasteiger partial charge on any atom is 0.423 e. The van der Waals surface area contributed by atoms with Gasteiger partial charge in [-0.1, -0.05) is 0 Å². The summed E-state index contributed by atoms with van der Waals surface area (Å²) >= 11 is 1.09. The average Bonchev–Trinajstić information content (AvgIpc) is 2.67. The van der Waals surface area contributed by atoms with Gasteiger partial charge >= 0.3 is 6.18 Å². The molecule has 2 rings (SSSR count). The standard InChI is InChI=1S/C10H7F4NO2S/c1-18-7-3-6-5(2-4(7)11)15-9(17-6)8(16)10(12,13)14/h2-3,8,16H,1H3. The molecular formula is C10H7F4NO2S. The van der Waals surface area contributed by atoms with E-state index in [1.54, 1.807) is 6.26 Å². The van der Waals surface area contributed by atoms with Gasteiger partial charge in [0.2, 0.25) is 12.0 Å². The Bertz CT molecular complexity index is 581. The van der Waals surface area contributed by atoms with Crippen molar-refractivity contribution in [3.8, 4) is 0 Å². The molecule has 8 heteroatoms. The number of hydrogen-bond acceptors (Lipinski definition) is 4. The Morgan fingerprint density at radius 2 is 2.06 bits per heavy atom. The van der Waals surface area contributed by atoms with Gasteiger partial charge in [-0.05, 0) is 12.3 Å². The molecule has 0 aliphatic heterocycles. The van der Waals surface area contributed by atoms with E-state index in [1.165, 1.54) is 6.07 Å². The van der Waals surface area contributed by atoms with E-state index in [4.69, 9.17) is 9.52 Å². The maximum atomic E-state index is 13.4. The number of thioether (sulfide) groups is 1. The van der Waals surface area contributed by atoms with Gasteiger partial charge < -0.3 is 9.52 Å².